The number of β-lactam (4-membered cyclic amide) rings is 1. The highest BCUT2D eigenvalue weighted by Crippen LogP contribution is 2.41. The summed E-state index contributed by atoms with van der Waals surface area (Å²) in [5.74, 6) is -3.06. The topological polar surface area (TPSA) is 203 Å². The number of fused-ring (bicyclic) bond motifs is 1. The van der Waals surface area contributed by atoms with Crippen LogP contribution in [0.25, 0.3) is 0 Å². The molecule has 3 amide bonds. The number of rotatable bonds is 8. The number of thiazole rings is 1. The number of anilines is 1. The lowest BCUT2D eigenvalue weighted by atomic mass is 10.0. The second-order valence-electron chi connectivity index (χ2n) is 7.86. The molecule has 0 radical (unpaired) electrons. The average Bonchev–Trinajstić information content (AvgIpc) is 3.25. The predicted molar refractivity (Wildman–Crippen MR) is 129 cm³/mol. The van der Waals surface area contributed by atoms with Crippen LogP contribution in [0, 0.1) is 0 Å². The number of amides is 3. The number of hydrogen-bond acceptors (Lipinski definition) is 14. The van der Waals surface area contributed by atoms with E-state index in [0.717, 1.165) is 23.2 Å². The summed E-state index contributed by atoms with van der Waals surface area (Å²) in [4.78, 5) is 68.1. The van der Waals surface area contributed by atoms with Gasteiger partial charge in [-0.3, -0.25) is 19.3 Å². The van der Waals surface area contributed by atoms with Crippen LogP contribution in [0.1, 0.15) is 19.5 Å². The molecule has 17 heteroatoms. The minimum Gasteiger partial charge on any atom is -0.445 e. The van der Waals surface area contributed by atoms with Gasteiger partial charge in [0.1, 0.15) is 29.4 Å². The summed E-state index contributed by atoms with van der Waals surface area (Å²) in [6, 6.07) is -1.08. The van der Waals surface area contributed by atoms with Gasteiger partial charge in [-0.25, -0.2) is 14.6 Å². The maximum atomic E-state index is 13.1. The predicted octanol–water partition coefficient (Wildman–Crippen LogP) is -0.292. The van der Waals surface area contributed by atoms with Crippen LogP contribution in [0.5, 0.6) is 0 Å². The zero-order valence-electron chi connectivity index (χ0n) is 20.1. The number of ether oxygens (including phenoxy) is 3. The lowest BCUT2D eigenvalue weighted by Crippen LogP contribution is -2.71. The van der Waals surface area contributed by atoms with E-state index in [-0.39, 0.29) is 34.5 Å². The van der Waals surface area contributed by atoms with Gasteiger partial charge in [0.05, 0.1) is 0 Å². The first kappa shape index (κ1) is 27.7. The molecule has 3 heterocycles. The lowest BCUT2D eigenvalue weighted by molar-refractivity contribution is -0.182. The van der Waals surface area contributed by atoms with Gasteiger partial charge in [-0.1, -0.05) is 5.16 Å². The van der Waals surface area contributed by atoms with E-state index < -0.39 is 53.3 Å². The highest BCUT2D eigenvalue weighted by Gasteiger charge is 2.55. The molecule has 200 valence electrons. The molecule has 0 saturated carbocycles. The Morgan fingerprint density at radius 2 is 2.05 bits per heavy atom. The van der Waals surface area contributed by atoms with Crippen molar-refractivity contribution in [2.75, 3.05) is 32.2 Å². The van der Waals surface area contributed by atoms with Crippen LogP contribution in [-0.2, 0) is 33.4 Å². The Morgan fingerprint density at radius 3 is 2.62 bits per heavy atom. The number of hydrogen-bond donors (Lipinski definition) is 3. The summed E-state index contributed by atoms with van der Waals surface area (Å²) in [5, 5.41) is 15.6. The summed E-state index contributed by atoms with van der Waals surface area (Å²) in [6.45, 7) is 2.15. The molecule has 1 aromatic heterocycles. The number of oxime groups is 1. The number of nitrogen functional groups attached to an aromatic ring is 1. The normalized spacial score (nSPS) is 19.8. The molecule has 1 saturated heterocycles. The summed E-state index contributed by atoms with van der Waals surface area (Å²) in [5.41, 5.74) is 5.24. The number of thioether (sulfide) groups is 1. The van der Waals surface area contributed by atoms with Crippen LogP contribution >= 0.6 is 23.1 Å². The number of nitrogens with one attached hydrogen (secondary N) is 1. The van der Waals surface area contributed by atoms with Crippen LogP contribution in [-0.4, -0.2) is 99.7 Å². The van der Waals surface area contributed by atoms with Gasteiger partial charge < -0.3 is 35.4 Å². The fourth-order valence-corrected chi connectivity index (χ4v) is 5.22. The van der Waals surface area contributed by atoms with Gasteiger partial charge in [0.2, 0.25) is 6.29 Å². The van der Waals surface area contributed by atoms with E-state index in [9.17, 15) is 29.2 Å². The van der Waals surface area contributed by atoms with Crippen LogP contribution in [0.15, 0.2) is 21.8 Å². The van der Waals surface area contributed by atoms with Crippen molar-refractivity contribution >= 4 is 63.8 Å². The Balaban J connectivity index is 1.81. The summed E-state index contributed by atoms with van der Waals surface area (Å²) in [6.07, 6.45) is -1.92. The Morgan fingerprint density at radius 1 is 1.35 bits per heavy atom. The molecule has 2 aliphatic heterocycles. The molecule has 37 heavy (non-hydrogen) atoms. The number of aromatic nitrogens is 1. The molecule has 0 aromatic carbocycles. The molecule has 4 N–H and O–H groups in total. The van der Waals surface area contributed by atoms with E-state index >= 15 is 0 Å². The summed E-state index contributed by atoms with van der Waals surface area (Å²) >= 11 is 2.23. The van der Waals surface area contributed by atoms with Gasteiger partial charge >= 0.3 is 18.0 Å². The largest absolute Gasteiger partial charge is 0.445 e. The van der Waals surface area contributed by atoms with Gasteiger partial charge in [0.25, 0.3) is 11.8 Å². The van der Waals surface area contributed by atoms with Crippen LogP contribution in [0.3, 0.4) is 0 Å². The Bertz CT molecular complexity index is 1180. The SMILES string of the molecule is CC(=O)OC(C)OC(=O)C1=C(COC(=O)N(C)C)CS[C@@H]2[C@H](NC(=O)/C(=N\O)c3csc(N)n3)C(=O)N12. The van der Waals surface area contributed by atoms with Crippen molar-refractivity contribution in [3.8, 4) is 0 Å². The third-order valence-electron chi connectivity index (χ3n) is 4.95. The van der Waals surface area contributed by atoms with Crippen LogP contribution < -0.4 is 11.1 Å². The smallest absolute Gasteiger partial charge is 0.409 e. The van der Waals surface area contributed by atoms with Crippen LogP contribution in [0.2, 0.25) is 0 Å². The molecular formula is C20H24N6O9S2. The zero-order valence-corrected chi connectivity index (χ0v) is 21.8. The van der Waals surface area contributed by atoms with Gasteiger partial charge in [-0.2, -0.15) is 0 Å². The fourth-order valence-electron chi connectivity index (χ4n) is 3.34. The summed E-state index contributed by atoms with van der Waals surface area (Å²) in [7, 11) is 2.96. The number of nitrogens with two attached hydrogens (primary N) is 1. The Labute approximate surface area is 218 Å². The zero-order chi connectivity index (χ0) is 27.4. The third kappa shape index (κ3) is 6.11. The Hall–Kier alpha value is -3.86. The first-order valence-electron chi connectivity index (χ1n) is 10.6. The maximum absolute atomic E-state index is 13.1. The molecule has 15 nitrogen and oxygen atoms in total. The van der Waals surface area contributed by atoms with Crippen molar-refractivity contribution in [2.45, 2.75) is 31.6 Å². The molecule has 1 unspecified atom stereocenters. The number of carbonyl (C=O) groups is 5. The van der Waals surface area contributed by atoms with E-state index in [1.54, 1.807) is 0 Å². The molecule has 3 atom stereocenters. The fraction of sp³-hybridized carbons (Fsp3) is 0.450. The van der Waals surface area contributed by atoms with E-state index in [1.165, 1.54) is 43.1 Å². The monoisotopic (exact) mass is 556 g/mol. The second kappa shape index (κ2) is 11.5. The van der Waals surface area contributed by atoms with E-state index in [2.05, 4.69) is 15.5 Å². The van der Waals surface area contributed by atoms with Crippen LogP contribution in [0.4, 0.5) is 9.93 Å². The first-order chi connectivity index (χ1) is 17.4. The third-order valence-corrected chi connectivity index (χ3v) is 6.96. The van der Waals surface area contributed by atoms with Gasteiger partial charge in [0.15, 0.2) is 10.8 Å². The molecule has 0 aliphatic carbocycles. The minimum absolute atomic E-state index is 0.0241. The molecular weight excluding hydrogens is 532 g/mol. The standard InChI is InChI=1S/C20H24N6O9S2/c1-8(27)34-9(2)35-18(30)14-10(5-33-20(31)25(3)4)6-36-17-13(16(29)26(14)17)23-15(28)12(24-32)11-7-37-19(21)22-11/h7,9,13,17,32H,5-6H2,1-4H3,(H2,21,22)(H,23,28)/b24-12-/t9?,13-,17-/m1/s1. The van der Waals surface area contributed by atoms with Gasteiger partial charge in [0, 0.05) is 44.6 Å². The molecule has 1 fully saturated rings. The van der Waals surface area contributed by atoms with E-state index in [1.807, 2.05) is 0 Å². The van der Waals surface area contributed by atoms with Crippen molar-refractivity contribution in [3.63, 3.8) is 0 Å². The van der Waals surface area contributed by atoms with Crippen molar-refractivity contribution in [1.29, 1.82) is 0 Å². The lowest BCUT2D eigenvalue weighted by Gasteiger charge is -2.49. The van der Waals surface area contributed by atoms with E-state index in [4.69, 9.17) is 19.9 Å². The van der Waals surface area contributed by atoms with Crippen molar-refractivity contribution in [1.82, 2.24) is 20.1 Å². The molecule has 1 aromatic rings. The summed E-state index contributed by atoms with van der Waals surface area (Å²) < 4.78 is 15.2. The van der Waals surface area contributed by atoms with Crippen molar-refractivity contribution in [3.05, 3.63) is 22.3 Å². The number of nitrogens with zero attached hydrogens (tertiary/aromatic N) is 4. The van der Waals surface area contributed by atoms with Gasteiger partial charge in [-0.15, -0.1) is 23.1 Å². The molecule has 0 spiro atoms. The average molecular weight is 557 g/mol. The molecule has 3 rings (SSSR count). The molecule has 0 bridgehead atoms. The quantitative estimate of drug-likeness (QED) is 0.0944. The minimum atomic E-state index is -1.25. The Kier molecular flexibility index (Phi) is 8.59. The second-order valence-corrected chi connectivity index (χ2v) is 9.86. The van der Waals surface area contributed by atoms with E-state index in [0.29, 0.717) is 0 Å². The van der Waals surface area contributed by atoms with Crippen molar-refractivity contribution in [2.24, 2.45) is 5.16 Å². The maximum Gasteiger partial charge on any atom is 0.409 e. The highest BCUT2D eigenvalue weighted by atomic mass is 32.2. The first-order valence-corrected chi connectivity index (χ1v) is 12.5. The van der Waals surface area contributed by atoms with Gasteiger partial charge in [-0.05, 0) is 0 Å². The number of esters is 2. The number of carbonyl (C=O) groups excluding carboxylic acids is 5. The van der Waals surface area contributed by atoms with Crippen molar-refractivity contribution < 1.29 is 43.4 Å². The molecule has 2 aliphatic rings. The highest BCUT2D eigenvalue weighted by molar-refractivity contribution is 8.00.